The fourth-order valence-electron chi connectivity index (χ4n) is 3.02. The first-order chi connectivity index (χ1) is 10.9. The molecule has 0 aliphatic carbocycles. The Labute approximate surface area is 137 Å². The summed E-state index contributed by atoms with van der Waals surface area (Å²) < 4.78 is 5.59. The van der Waals surface area contributed by atoms with Crippen molar-refractivity contribution in [1.29, 1.82) is 0 Å². The zero-order valence-electron chi connectivity index (χ0n) is 13.0. The minimum atomic E-state index is 0.186. The predicted molar refractivity (Wildman–Crippen MR) is 94.8 cm³/mol. The summed E-state index contributed by atoms with van der Waals surface area (Å²) >= 11 is 2.06. The van der Waals surface area contributed by atoms with E-state index in [0.717, 1.165) is 5.75 Å². The minimum absolute atomic E-state index is 0.186. The van der Waals surface area contributed by atoms with Gasteiger partial charge < -0.3 is 10.1 Å². The molecule has 0 bridgehead atoms. The molecule has 1 aliphatic rings. The molecule has 0 amide bonds. The SMILES string of the molecule is COc1ccccc1[C@@H](NC1CCSCC1)c1ccccc1. The largest absolute Gasteiger partial charge is 0.496 e. The summed E-state index contributed by atoms with van der Waals surface area (Å²) in [6.45, 7) is 0. The van der Waals surface area contributed by atoms with Crippen molar-refractivity contribution in [2.75, 3.05) is 18.6 Å². The molecule has 0 unspecified atom stereocenters. The molecule has 0 spiro atoms. The Kier molecular flexibility index (Phi) is 5.41. The molecule has 116 valence electrons. The Morgan fingerprint density at radius 3 is 2.41 bits per heavy atom. The first kappa shape index (κ1) is 15.4. The third-order valence-corrected chi connectivity index (χ3v) is 5.26. The van der Waals surface area contributed by atoms with Gasteiger partial charge in [0, 0.05) is 11.6 Å². The molecule has 1 aliphatic heterocycles. The summed E-state index contributed by atoms with van der Waals surface area (Å²) in [5, 5.41) is 3.87. The Bertz CT molecular complexity index is 581. The van der Waals surface area contributed by atoms with E-state index in [4.69, 9.17) is 4.74 Å². The van der Waals surface area contributed by atoms with Crippen molar-refractivity contribution in [3.8, 4) is 5.75 Å². The molecule has 2 aromatic rings. The van der Waals surface area contributed by atoms with Crippen LogP contribution in [0.3, 0.4) is 0 Å². The highest BCUT2D eigenvalue weighted by Gasteiger charge is 2.22. The fourth-order valence-corrected chi connectivity index (χ4v) is 4.12. The third-order valence-electron chi connectivity index (χ3n) is 4.21. The standard InChI is InChI=1S/C19H23NOS/c1-21-18-10-6-5-9-17(18)19(15-7-3-2-4-8-15)20-16-11-13-22-14-12-16/h2-10,16,19-20H,11-14H2,1H3/t19-/m0/s1. The van der Waals surface area contributed by atoms with Gasteiger partial charge >= 0.3 is 0 Å². The second-order valence-corrected chi connectivity index (χ2v) is 6.86. The van der Waals surface area contributed by atoms with Crippen LogP contribution in [0.15, 0.2) is 54.6 Å². The van der Waals surface area contributed by atoms with Crippen LogP contribution in [-0.4, -0.2) is 24.7 Å². The van der Waals surface area contributed by atoms with Gasteiger partial charge in [-0.15, -0.1) is 0 Å². The van der Waals surface area contributed by atoms with E-state index >= 15 is 0 Å². The Balaban J connectivity index is 1.91. The molecule has 1 atom stereocenters. The van der Waals surface area contributed by atoms with Gasteiger partial charge in [0.05, 0.1) is 13.2 Å². The van der Waals surface area contributed by atoms with Gasteiger partial charge in [0.15, 0.2) is 0 Å². The highest BCUT2D eigenvalue weighted by molar-refractivity contribution is 7.99. The number of nitrogens with one attached hydrogen (secondary N) is 1. The molecule has 1 fully saturated rings. The molecule has 3 heteroatoms. The summed E-state index contributed by atoms with van der Waals surface area (Å²) in [4.78, 5) is 0. The number of benzene rings is 2. The average Bonchev–Trinajstić information content (AvgIpc) is 2.61. The molecular weight excluding hydrogens is 290 g/mol. The van der Waals surface area contributed by atoms with Crippen molar-refractivity contribution in [3.63, 3.8) is 0 Å². The van der Waals surface area contributed by atoms with Gasteiger partial charge in [-0.1, -0.05) is 48.5 Å². The van der Waals surface area contributed by atoms with E-state index in [9.17, 15) is 0 Å². The van der Waals surface area contributed by atoms with Gasteiger partial charge in [-0.05, 0) is 36.0 Å². The third kappa shape index (κ3) is 3.65. The fraction of sp³-hybridized carbons (Fsp3) is 0.368. The Hall–Kier alpha value is -1.45. The number of methoxy groups -OCH3 is 1. The van der Waals surface area contributed by atoms with Crippen LogP contribution in [0.1, 0.15) is 30.0 Å². The highest BCUT2D eigenvalue weighted by Crippen LogP contribution is 2.31. The Morgan fingerprint density at radius 2 is 1.68 bits per heavy atom. The van der Waals surface area contributed by atoms with E-state index < -0.39 is 0 Å². The summed E-state index contributed by atoms with van der Waals surface area (Å²) in [5.41, 5.74) is 2.51. The summed E-state index contributed by atoms with van der Waals surface area (Å²) in [6.07, 6.45) is 2.48. The van der Waals surface area contributed by atoms with Gasteiger partial charge in [-0.25, -0.2) is 0 Å². The molecule has 1 N–H and O–H groups in total. The van der Waals surface area contributed by atoms with Crippen LogP contribution in [0.25, 0.3) is 0 Å². The molecular formula is C19H23NOS. The zero-order valence-corrected chi connectivity index (χ0v) is 13.8. The smallest absolute Gasteiger partial charge is 0.123 e. The Morgan fingerprint density at radius 1 is 1.00 bits per heavy atom. The number of ether oxygens (including phenoxy) is 1. The van der Waals surface area contributed by atoms with Crippen molar-refractivity contribution in [3.05, 3.63) is 65.7 Å². The van der Waals surface area contributed by atoms with Crippen molar-refractivity contribution < 1.29 is 4.74 Å². The normalized spacial score (nSPS) is 17.1. The topological polar surface area (TPSA) is 21.3 Å². The molecule has 0 radical (unpaired) electrons. The summed E-state index contributed by atoms with van der Waals surface area (Å²) in [6, 6.07) is 19.8. The van der Waals surface area contributed by atoms with Crippen molar-refractivity contribution in [2.45, 2.75) is 24.9 Å². The quantitative estimate of drug-likeness (QED) is 0.890. The summed E-state index contributed by atoms with van der Waals surface area (Å²) in [5.74, 6) is 3.46. The zero-order chi connectivity index (χ0) is 15.2. The van der Waals surface area contributed by atoms with E-state index in [1.54, 1.807) is 7.11 Å². The molecule has 1 heterocycles. The number of hydrogen-bond donors (Lipinski definition) is 1. The van der Waals surface area contributed by atoms with Crippen LogP contribution in [0.4, 0.5) is 0 Å². The van der Waals surface area contributed by atoms with Crippen LogP contribution in [0.2, 0.25) is 0 Å². The van der Waals surface area contributed by atoms with Gasteiger partial charge in [-0.3, -0.25) is 0 Å². The maximum absolute atomic E-state index is 5.59. The van der Waals surface area contributed by atoms with Crippen molar-refractivity contribution >= 4 is 11.8 Å². The van der Waals surface area contributed by atoms with Gasteiger partial charge in [0.25, 0.3) is 0 Å². The average molecular weight is 313 g/mol. The van der Waals surface area contributed by atoms with Crippen LogP contribution in [0, 0.1) is 0 Å². The highest BCUT2D eigenvalue weighted by atomic mass is 32.2. The van der Waals surface area contributed by atoms with E-state index in [2.05, 4.69) is 59.5 Å². The first-order valence-electron chi connectivity index (χ1n) is 7.90. The van der Waals surface area contributed by atoms with Crippen LogP contribution in [0.5, 0.6) is 5.75 Å². The van der Waals surface area contributed by atoms with E-state index in [1.807, 2.05) is 12.1 Å². The van der Waals surface area contributed by atoms with Crippen molar-refractivity contribution in [2.24, 2.45) is 0 Å². The second kappa shape index (κ2) is 7.70. The lowest BCUT2D eigenvalue weighted by atomic mass is 9.96. The second-order valence-electron chi connectivity index (χ2n) is 5.64. The lowest BCUT2D eigenvalue weighted by Crippen LogP contribution is -2.36. The number of hydrogen-bond acceptors (Lipinski definition) is 3. The molecule has 0 saturated carbocycles. The van der Waals surface area contributed by atoms with Crippen LogP contribution < -0.4 is 10.1 Å². The lowest BCUT2D eigenvalue weighted by Gasteiger charge is -2.29. The van der Waals surface area contributed by atoms with E-state index in [0.29, 0.717) is 6.04 Å². The molecule has 3 rings (SSSR count). The maximum Gasteiger partial charge on any atom is 0.123 e. The predicted octanol–water partition coefficient (Wildman–Crippen LogP) is 4.27. The molecule has 2 aromatic carbocycles. The molecule has 1 saturated heterocycles. The van der Waals surface area contributed by atoms with Gasteiger partial charge in [-0.2, -0.15) is 11.8 Å². The number of para-hydroxylation sites is 1. The minimum Gasteiger partial charge on any atom is -0.496 e. The van der Waals surface area contributed by atoms with Crippen molar-refractivity contribution in [1.82, 2.24) is 5.32 Å². The monoisotopic (exact) mass is 313 g/mol. The lowest BCUT2D eigenvalue weighted by molar-refractivity contribution is 0.393. The van der Waals surface area contributed by atoms with Gasteiger partial charge in [0.2, 0.25) is 0 Å². The van der Waals surface area contributed by atoms with Crippen LogP contribution in [-0.2, 0) is 0 Å². The number of rotatable bonds is 5. The maximum atomic E-state index is 5.59. The van der Waals surface area contributed by atoms with Gasteiger partial charge in [0.1, 0.15) is 5.75 Å². The van der Waals surface area contributed by atoms with Crippen LogP contribution >= 0.6 is 11.8 Å². The number of thioether (sulfide) groups is 1. The molecule has 2 nitrogen and oxygen atoms in total. The molecule has 0 aromatic heterocycles. The molecule has 22 heavy (non-hydrogen) atoms. The van der Waals surface area contributed by atoms with E-state index in [1.165, 1.54) is 35.5 Å². The van der Waals surface area contributed by atoms with E-state index in [-0.39, 0.29) is 6.04 Å². The summed E-state index contributed by atoms with van der Waals surface area (Å²) in [7, 11) is 1.75. The first-order valence-corrected chi connectivity index (χ1v) is 9.05.